The molecule has 0 fully saturated rings. The van der Waals surface area contributed by atoms with Gasteiger partial charge in [0.05, 0.1) is 0 Å². The molecule has 0 unspecified atom stereocenters. The molecule has 2 nitrogen and oxygen atoms in total. The molecular formula is C7H8BrClN2. The molecule has 1 N–H and O–H groups in total. The van der Waals surface area contributed by atoms with Crippen molar-refractivity contribution in [1.29, 1.82) is 0 Å². The number of nitrogens with zero attached hydrogens (tertiary/aromatic N) is 1. The minimum absolute atomic E-state index is 0. The van der Waals surface area contributed by atoms with E-state index in [1.807, 2.05) is 6.20 Å². The molecule has 0 saturated heterocycles. The van der Waals surface area contributed by atoms with Crippen molar-refractivity contribution in [1.82, 2.24) is 10.3 Å². The molecule has 1 aromatic heterocycles. The molecule has 0 radical (unpaired) electrons. The van der Waals surface area contributed by atoms with E-state index in [1.54, 1.807) is 0 Å². The number of halogens is 2. The zero-order chi connectivity index (χ0) is 6.97. The van der Waals surface area contributed by atoms with Gasteiger partial charge >= 0.3 is 0 Å². The van der Waals surface area contributed by atoms with Gasteiger partial charge in [0.2, 0.25) is 0 Å². The zero-order valence-electron chi connectivity index (χ0n) is 5.80. The van der Waals surface area contributed by atoms with E-state index < -0.39 is 0 Å². The molecule has 1 aliphatic rings. The van der Waals surface area contributed by atoms with E-state index >= 15 is 0 Å². The molecule has 2 heterocycles. The lowest BCUT2D eigenvalue weighted by Crippen LogP contribution is -1.99. The van der Waals surface area contributed by atoms with E-state index in [0.29, 0.717) is 0 Å². The summed E-state index contributed by atoms with van der Waals surface area (Å²) >= 11 is 3.33. The van der Waals surface area contributed by atoms with Gasteiger partial charge in [-0.1, -0.05) is 0 Å². The lowest BCUT2D eigenvalue weighted by molar-refractivity contribution is 0.764. The fourth-order valence-corrected chi connectivity index (χ4v) is 1.53. The summed E-state index contributed by atoms with van der Waals surface area (Å²) in [5.74, 6) is 0. The second kappa shape index (κ2) is 3.52. The molecule has 1 aliphatic heterocycles. The zero-order valence-corrected chi connectivity index (χ0v) is 8.20. The van der Waals surface area contributed by atoms with Gasteiger partial charge in [-0.15, -0.1) is 12.4 Å². The smallest absolute Gasteiger partial charge is 0.106 e. The summed E-state index contributed by atoms with van der Waals surface area (Å²) in [7, 11) is 0. The fraction of sp³-hybridized carbons (Fsp3) is 0.286. The van der Waals surface area contributed by atoms with Gasteiger partial charge in [-0.2, -0.15) is 0 Å². The largest absolute Gasteiger partial charge is 0.309 e. The summed E-state index contributed by atoms with van der Waals surface area (Å²) in [6, 6.07) is 2.06. The third kappa shape index (κ3) is 1.72. The summed E-state index contributed by atoms with van der Waals surface area (Å²) in [4.78, 5) is 4.13. The highest BCUT2D eigenvalue weighted by molar-refractivity contribution is 9.10. The number of pyridine rings is 1. The highest BCUT2D eigenvalue weighted by Gasteiger charge is 2.09. The van der Waals surface area contributed by atoms with Crippen LogP contribution in [0.1, 0.15) is 11.1 Å². The van der Waals surface area contributed by atoms with E-state index in [-0.39, 0.29) is 12.4 Å². The molecule has 4 heteroatoms. The molecule has 0 amide bonds. The standard InChI is InChI=1S/C7H7BrN2.ClH/c8-7-1-5-2-9-3-6(5)4-10-7;/h1,4,9H,2-3H2;1H. The minimum Gasteiger partial charge on any atom is -0.309 e. The Morgan fingerprint density at radius 2 is 2.09 bits per heavy atom. The first-order valence-corrected chi connectivity index (χ1v) is 3.99. The average molecular weight is 236 g/mol. The van der Waals surface area contributed by atoms with E-state index in [9.17, 15) is 0 Å². The Hall–Kier alpha value is -0.120. The quantitative estimate of drug-likeness (QED) is 0.695. The highest BCUT2D eigenvalue weighted by Crippen LogP contribution is 2.17. The molecule has 60 valence electrons. The fourth-order valence-electron chi connectivity index (χ4n) is 1.15. The van der Waals surface area contributed by atoms with Gasteiger partial charge < -0.3 is 5.32 Å². The summed E-state index contributed by atoms with van der Waals surface area (Å²) in [6.07, 6.45) is 1.92. The number of nitrogens with one attached hydrogen (secondary N) is 1. The first-order valence-electron chi connectivity index (χ1n) is 3.20. The van der Waals surface area contributed by atoms with Crippen LogP contribution in [0.2, 0.25) is 0 Å². The first-order chi connectivity index (χ1) is 4.86. The third-order valence-corrected chi connectivity index (χ3v) is 2.11. The molecule has 0 aliphatic carbocycles. The van der Waals surface area contributed by atoms with Crippen LogP contribution in [-0.2, 0) is 13.1 Å². The van der Waals surface area contributed by atoms with Gasteiger partial charge in [-0.3, -0.25) is 0 Å². The molecule has 0 saturated carbocycles. The van der Waals surface area contributed by atoms with Crippen LogP contribution in [-0.4, -0.2) is 4.98 Å². The monoisotopic (exact) mass is 234 g/mol. The predicted octanol–water partition coefficient (Wildman–Crippen LogP) is 1.87. The predicted molar refractivity (Wildman–Crippen MR) is 49.7 cm³/mol. The van der Waals surface area contributed by atoms with Crippen LogP contribution >= 0.6 is 28.3 Å². The Labute approximate surface area is 79.9 Å². The van der Waals surface area contributed by atoms with E-state index in [1.165, 1.54) is 11.1 Å². The van der Waals surface area contributed by atoms with Crippen LogP contribution in [0.25, 0.3) is 0 Å². The normalized spacial score (nSPS) is 13.9. The minimum atomic E-state index is 0. The third-order valence-electron chi connectivity index (χ3n) is 1.68. The summed E-state index contributed by atoms with van der Waals surface area (Å²) in [5, 5.41) is 3.25. The molecule has 11 heavy (non-hydrogen) atoms. The maximum absolute atomic E-state index is 4.13. The van der Waals surface area contributed by atoms with Gasteiger partial charge in [0.1, 0.15) is 4.60 Å². The maximum Gasteiger partial charge on any atom is 0.106 e. The van der Waals surface area contributed by atoms with Crippen molar-refractivity contribution in [3.05, 3.63) is 28.0 Å². The number of rotatable bonds is 0. The number of hydrogen-bond acceptors (Lipinski definition) is 2. The summed E-state index contributed by atoms with van der Waals surface area (Å²) in [5.41, 5.74) is 2.69. The molecule has 0 aromatic carbocycles. The van der Waals surface area contributed by atoms with Crippen molar-refractivity contribution in [2.24, 2.45) is 0 Å². The van der Waals surface area contributed by atoms with Crippen LogP contribution in [0.15, 0.2) is 16.9 Å². The molecule has 0 atom stereocenters. The Morgan fingerprint density at radius 3 is 2.91 bits per heavy atom. The van der Waals surface area contributed by atoms with Crippen molar-refractivity contribution in [3.63, 3.8) is 0 Å². The van der Waals surface area contributed by atoms with Crippen LogP contribution in [0.4, 0.5) is 0 Å². The molecule has 0 spiro atoms. The average Bonchev–Trinajstić information content (AvgIpc) is 2.33. The summed E-state index contributed by atoms with van der Waals surface area (Å²) in [6.45, 7) is 1.95. The van der Waals surface area contributed by atoms with Crippen molar-refractivity contribution in [2.45, 2.75) is 13.1 Å². The SMILES string of the molecule is Brc1cc2c(cn1)CNC2.Cl. The van der Waals surface area contributed by atoms with Crippen LogP contribution in [0.3, 0.4) is 0 Å². The van der Waals surface area contributed by atoms with Gasteiger partial charge in [0, 0.05) is 19.3 Å². The van der Waals surface area contributed by atoms with Crippen LogP contribution < -0.4 is 5.32 Å². The van der Waals surface area contributed by atoms with Gasteiger partial charge in [-0.25, -0.2) is 4.98 Å². The molecular weight excluding hydrogens is 227 g/mol. The van der Waals surface area contributed by atoms with E-state index in [4.69, 9.17) is 0 Å². The van der Waals surface area contributed by atoms with E-state index in [2.05, 4.69) is 32.3 Å². The van der Waals surface area contributed by atoms with Crippen molar-refractivity contribution < 1.29 is 0 Å². The first kappa shape index (κ1) is 8.97. The topological polar surface area (TPSA) is 24.9 Å². The second-order valence-electron chi connectivity index (χ2n) is 2.38. The van der Waals surface area contributed by atoms with Crippen LogP contribution in [0.5, 0.6) is 0 Å². The van der Waals surface area contributed by atoms with E-state index in [0.717, 1.165) is 17.7 Å². The Morgan fingerprint density at radius 1 is 1.36 bits per heavy atom. The Bertz CT molecular complexity index is 265. The van der Waals surface area contributed by atoms with Crippen molar-refractivity contribution in [2.75, 3.05) is 0 Å². The van der Waals surface area contributed by atoms with Gasteiger partial charge in [0.15, 0.2) is 0 Å². The highest BCUT2D eigenvalue weighted by atomic mass is 79.9. The molecule has 0 bridgehead atoms. The molecule has 1 aromatic rings. The van der Waals surface area contributed by atoms with Gasteiger partial charge in [-0.05, 0) is 33.1 Å². The maximum atomic E-state index is 4.13. The second-order valence-corrected chi connectivity index (χ2v) is 3.19. The Balaban J connectivity index is 0.000000605. The molecule has 2 rings (SSSR count). The van der Waals surface area contributed by atoms with Crippen molar-refractivity contribution >= 4 is 28.3 Å². The van der Waals surface area contributed by atoms with Crippen molar-refractivity contribution in [3.8, 4) is 0 Å². The van der Waals surface area contributed by atoms with Crippen LogP contribution in [0, 0.1) is 0 Å². The lowest BCUT2D eigenvalue weighted by Gasteiger charge is -1.94. The van der Waals surface area contributed by atoms with Gasteiger partial charge in [0.25, 0.3) is 0 Å². The number of aromatic nitrogens is 1. The number of fused-ring (bicyclic) bond motifs is 1. The lowest BCUT2D eigenvalue weighted by atomic mass is 10.2. The Kier molecular flexibility index (Phi) is 2.87. The number of hydrogen-bond donors (Lipinski definition) is 1. The summed E-state index contributed by atoms with van der Waals surface area (Å²) < 4.78 is 0.926.